The summed E-state index contributed by atoms with van der Waals surface area (Å²) in [5, 5.41) is 4.50. The molecule has 5 amide bonds. The highest BCUT2D eigenvalue weighted by atomic mass is 16.2. The molecule has 0 aromatic heterocycles. The third-order valence-corrected chi connectivity index (χ3v) is 2.44. The van der Waals surface area contributed by atoms with E-state index < -0.39 is 48.0 Å². The molecular weight excluding hydrogens is 282 g/mol. The van der Waals surface area contributed by atoms with Crippen LogP contribution in [0.2, 0.25) is 0 Å². The molecule has 2 atom stereocenters. The van der Waals surface area contributed by atoms with Crippen molar-refractivity contribution in [2.45, 2.75) is 38.3 Å². The van der Waals surface area contributed by atoms with Crippen LogP contribution in [0.25, 0.3) is 0 Å². The van der Waals surface area contributed by atoms with Crippen LogP contribution in [0, 0.1) is 0 Å². The molecule has 21 heavy (non-hydrogen) atoms. The van der Waals surface area contributed by atoms with Crippen molar-refractivity contribution in [1.29, 1.82) is 0 Å². The molecule has 10 heteroatoms. The van der Waals surface area contributed by atoms with Crippen molar-refractivity contribution in [3.05, 3.63) is 0 Å². The molecular formula is C11H19N5O5. The Morgan fingerprint density at radius 2 is 1.48 bits per heavy atom. The van der Waals surface area contributed by atoms with E-state index in [0.717, 1.165) is 0 Å². The number of primary amides is 3. The van der Waals surface area contributed by atoms with Crippen LogP contribution < -0.4 is 27.8 Å². The van der Waals surface area contributed by atoms with Crippen molar-refractivity contribution in [3.63, 3.8) is 0 Å². The fraction of sp³-hybridized carbons (Fsp3) is 0.545. The number of hydrogen-bond acceptors (Lipinski definition) is 5. The van der Waals surface area contributed by atoms with E-state index in [1.807, 2.05) is 0 Å². The highest BCUT2D eigenvalue weighted by molar-refractivity contribution is 5.93. The Bertz CT molecular complexity index is 450. The van der Waals surface area contributed by atoms with Gasteiger partial charge in [0.2, 0.25) is 29.5 Å². The highest BCUT2D eigenvalue weighted by Gasteiger charge is 2.26. The van der Waals surface area contributed by atoms with Gasteiger partial charge in [0.05, 0.1) is 6.42 Å². The fourth-order valence-corrected chi connectivity index (χ4v) is 1.50. The molecule has 0 spiro atoms. The number of nitrogens with two attached hydrogens (primary N) is 3. The second-order valence-corrected chi connectivity index (χ2v) is 4.39. The lowest BCUT2D eigenvalue weighted by molar-refractivity contribution is -0.132. The Morgan fingerprint density at radius 3 is 1.86 bits per heavy atom. The molecule has 10 nitrogen and oxygen atoms in total. The molecule has 0 saturated carbocycles. The van der Waals surface area contributed by atoms with Crippen LogP contribution in [-0.4, -0.2) is 41.6 Å². The van der Waals surface area contributed by atoms with Gasteiger partial charge in [-0.05, 0) is 6.42 Å². The summed E-state index contributed by atoms with van der Waals surface area (Å²) in [5.74, 6) is -3.70. The maximum atomic E-state index is 11.9. The molecule has 0 radical (unpaired) electrons. The zero-order chi connectivity index (χ0) is 16.6. The lowest BCUT2D eigenvalue weighted by Gasteiger charge is -2.20. The summed E-state index contributed by atoms with van der Waals surface area (Å²) in [5.41, 5.74) is 14.9. The Labute approximate surface area is 120 Å². The third-order valence-electron chi connectivity index (χ3n) is 2.44. The standard InChI is InChI=1S/C11H19N5O5/c1-5(17)15-6(2-3-8(12)18)11(21)16-7(10(14)20)4-9(13)19/h6-7H,2-4H2,1H3,(H2,12,18)(H2,13,19)(H2,14,20)(H,15,17)(H,16,21). The average molecular weight is 301 g/mol. The van der Waals surface area contributed by atoms with Crippen LogP contribution >= 0.6 is 0 Å². The third kappa shape index (κ3) is 8.18. The summed E-state index contributed by atoms with van der Waals surface area (Å²) < 4.78 is 0. The van der Waals surface area contributed by atoms with Crippen LogP contribution in [0.4, 0.5) is 0 Å². The van der Waals surface area contributed by atoms with E-state index in [2.05, 4.69) is 10.6 Å². The Morgan fingerprint density at radius 1 is 0.905 bits per heavy atom. The molecule has 0 fully saturated rings. The van der Waals surface area contributed by atoms with Gasteiger partial charge in [-0.3, -0.25) is 24.0 Å². The summed E-state index contributed by atoms with van der Waals surface area (Å²) in [7, 11) is 0. The van der Waals surface area contributed by atoms with Gasteiger partial charge in [0, 0.05) is 13.3 Å². The molecule has 0 aliphatic heterocycles. The zero-order valence-electron chi connectivity index (χ0n) is 11.5. The van der Waals surface area contributed by atoms with Crippen molar-refractivity contribution in [1.82, 2.24) is 10.6 Å². The van der Waals surface area contributed by atoms with E-state index in [-0.39, 0.29) is 12.8 Å². The number of nitrogens with one attached hydrogen (secondary N) is 2. The van der Waals surface area contributed by atoms with Gasteiger partial charge in [-0.25, -0.2) is 0 Å². The predicted molar refractivity (Wildman–Crippen MR) is 71.0 cm³/mol. The Balaban J connectivity index is 4.82. The van der Waals surface area contributed by atoms with E-state index in [0.29, 0.717) is 0 Å². The van der Waals surface area contributed by atoms with Crippen molar-refractivity contribution in [3.8, 4) is 0 Å². The molecule has 0 aliphatic rings. The van der Waals surface area contributed by atoms with Crippen LogP contribution in [0.3, 0.4) is 0 Å². The van der Waals surface area contributed by atoms with Crippen LogP contribution in [-0.2, 0) is 24.0 Å². The predicted octanol–water partition coefficient (Wildman–Crippen LogP) is -3.40. The van der Waals surface area contributed by atoms with E-state index in [1.165, 1.54) is 6.92 Å². The van der Waals surface area contributed by atoms with Crippen molar-refractivity contribution >= 4 is 29.5 Å². The molecule has 0 heterocycles. The number of carbonyl (C=O) groups is 5. The first-order valence-corrected chi connectivity index (χ1v) is 6.06. The smallest absolute Gasteiger partial charge is 0.243 e. The summed E-state index contributed by atoms with van der Waals surface area (Å²) in [4.78, 5) is 55.6. The molecule has 0 bridgehead atoms. The molecule has 0 aromatic carbocycles. The number of amides is 5. The lowest BCUT2D eigenvalue weighted by Crippen LogP contribution is -2.53. The van der Waals surface area contributed by atoms with Crippen molar-refractivity contribution in [2.75, 3.05) is 0 Å². The summed E-state index contributed by atoms with van der Waals surface area (Å²) in [6.07, 6.45) is -0.665. The van der Waals surface area contributed by atoms with Crippen LogP contribution in [0.1, 0.15) is 26.2 Å². The topological polar surface area (TPSA) is 187 Å². The zero-order valence-corrected chi connectivity index (χ0v) is 11.5. The second-order valence-electron chi connectivity index (χ2n) is 4.39. The molecule has 0 rings (SSSR count). The first-order chi connectivity index (χ1) is 9.63. The van der Waals surface area contributed by atoms with Crippen molar-refractivity contribution < 1.29 is 24.0 Å². The van der Waals surface area contributed by atoms with Gasteiger partial charge in [-0.2, -0.15) is 0 Å². The molecule has 2 unspecified atom stereocenters. The monoisotopic (exact) mass is 301 g/mol. The van der Waals surface area contributed by atoms with Gasteiger partial charge in [0.1, 0.15) is 12.1 Å². The minimum absolute atomic E-state index is 0.0528. The van der Waals surface area contributed by atoms with Crippen LogP contribution in [0.15, 0.2) is 0 Å². The van der Waals surface area contributed by atoms with Gasteiger partial charge in [0.15, 0.2) is 0 Å². The number of carbonyl (C=O) groups excluding carboxylic acids is 5. The van der Waals surface area contributed by atoms with E-state index in [9.17, 15) is 24.0 Å². The minimum atomic E-state index is -1.29. The largest absolute Gasteiger partial charge is 0.370 e. The van der Waals surface area contributed by atoms with Crippen molar-refractivity contribution in [2.24, 2.45) is 17.2 Å². The number of hydrogen-bond donors (Lipinski definition) is 5. The second kappa shape index (κ2) is 8.51. The van der Waals surface area contributed by atoms with Crippen LogP contribution in [0.5, 0.6) is 0 Å². The van der Waals surface area contributed by atoms with Gasteiger partial charge in [-0.15, -0.1) is 0 Å². The lowest BCUT2D eigenvalue weighted by atomic mass is 10.1. The normalized spacial score (nSPS) is 12.8. The first-order valence-electron chi connectivity index (χ1n) is 6.06. The summed E-state index contributed by atoms with van der Waals surface area (Å²) >= 11 is 0. The summed E-state index contributed by atoms with van der Waals surface area (Å²) in [6, 6.07) is -2.37. The molecule has 118 valence electrons. The van der Waals surface area contributed by atoms with E-state index in [4.69, 9.17) is 17.2 Å². The van der Waals surface area contributed by atoms with E-state index in [1.54, 1.807) is 0 Å². The SMILES string of the molecule is CC(=O)NC(CCC(N)=O)C(=O)NC(CC(N)=O)C(N)=O. The average Bonchev–Trinajstić information content (AvgIpc) is 2.32. The van der Waals surface area contributed by atoms with Gasteiger partial charge < -0.3 is 27.8 Å². The van der Waals surface area contributed by atoms with Gasteiger partial charge in [-0.1, -0.05) is 0 Å². The van der Waals surface area contributed by atoms with Gasteiger partial charge in [0.25, 0.3) is 0 Å². The van der Waals surface area contributed by atoms with E-state index >= 15 is 0 Å². The maximum absolute atomic E-state index is 11.9. The summed E-state index contributed by atoms with van der Waals surface area (Å²) in [6.45, 7) is 1.18. The fourth-order valence-electron chi connectivity index (χ4n) is 1.50. The van der Waals surface area contributed by atoms with Gasteiger partial charge >= 0.3 is 0 Å². The minimum Gasteiger partial charge on any atom is -0.370 e. The molecule has 0 saturated heterocycles. The molecule has 0 aromatic rings. The maximum Gasteiger partial charge on any atom is 0.243 e. The first kappa shape index (κ1) is 18.4. The highest BCUT2D eigenvalue weighted by Crippen LogP contribution is 2.00. The quantitative estimate of drug-likeness (QED) is 0.296. The Kier molecular flexibility index (Phi) is 7.43. The molecule has 0 aliphatic carbocycles. The Hall–Kier alpha value is -2.65. The number of rotatable bonds is 9. The molecule has 8 N–H and O–H groups in total.